The summed E-state index contributed by atoms with van der Waals surface area (Å²) in [6.07, 6.45) is -4.31. The highest BCUT2D eigenvalue weighted by Gasteiger charge is 2.44. The number of carbonyl (C=O) groups excluding carboxylic acids is 6. The number of ketones is 1. The van der Waals surface area contributed by atoms with Gasteiger partial charge in [-0.1, -0.05) is 44.2 Å². The number of aromatic amines is 1. The molecule has 0 bridgehead atoms. The van der Waals surface area contributed by atoms with Crippen LogP contribution in [0.4, 0.5) is 28.9 Å². The Hall–Kier alpha value is -7.76. The summed E-state index contributed by atoms with van der Waals surface area (Å²) in [5, 5.41) is 21.8. The first-order valence-corrected chi connectivity index (χ1v) is 27.0. The van der Waals surface area contributed by atoms with Crippen molar-refractivity contribution < 1.29 is 51.4 Å². The van der Waals surface area contributed by atoms with Crippen molar-refractivity contribution in [1.29, 1.82) is 0 Å². The molecule has 0 unspecified atom stereocenters. The second kappa shape index (κ2) is 25.6. The maximum absolute atomic E-state index is 15.7. The van der Waals surface area contributed by atoms with Gasteiger partial charge in [0.2, 0.25) is 23.3 Å². The molecule has 8 N–H and O–H groups in total. The van der Waals surface area contributed by atoms with Gasteiger partial charge in [-0.2, -0.15) is 13.2 Å². The standard InChI is InChI=1S/C57H66F4N10O8S/c1-30(2)51(48(73)19-31(3)62)56(79)71-28-39(72)22-47(71)55(78)67-44(35-9-11-36(12-10-35)52-34(6)66-29-80-52)24-50(75)63-17-8-18-64-53(76)38-13-15-43(58)40(20-38)37-14-16-46(70-26-32(4)69(7)33(5)27-70)45(21-37)68-54(77)41-25-65-49(74)23-42(41)57(59,60)61/h9-16,19-21,23,25,29-30,32-33,39,44,47,51,72H,8,17-18,22,24,26-28,62H2,1-7H3,(H,63,75)(H,64,76)(H,65,74)(H,67,78)(H,68,77)/t32-,33+,39-,44+,47+,51-/m1/s1. The fourth-order valence-electron chi connectivity index (χ4n) is 10.0. The molecule has 0 spiro atoms. The van der Waals surface area contributed by atoms with Crippen molar-refractivity contribution in [2.24, 2.45) is 17.6 Å². The number of rotatable bonds is 19. The van der Waals surface area contributed by atoms with E-state index in [1.165, 1.54) is 47.4 Å². The van der Waals surface area contributed by atoms with Crippen molar-refractivity contribution in [2.45, 2.75) is 97.3 Å². The molecule has 23 heteroatoms. The third-order valence-electron chi connectivity index (χ3n) is 14.4. The quantitative estimate of drug-likeness (QED) is 0.0201. The lowest BCUT2D eigenvalue weighted by Gasteiger charge is -2.44. The number of aromatic nitrogens is 2. The number of halogens is 4. The number of pyridine rings is 1. The van der Waals surface area contributed by atoms with Crippen molar-refractivity contribution in [3.8, 4) is 21.6 Å². The Morgan fingerprint density at radius 1 is 0.925 bits per heavy atom. The molecule has 0 saturated carbocycles. The predicted octanol–water partition coefficient (Wildman–Crippen LogP) is 6.56. The van der Waals surface area contributed by atoms with Gasteiger partial charge in [-0.15, -0.1) is 11.3 Å². The monoisotopic (exact) mass is 1130 g/mol. The third-order valence-corrected chi connectivity index (χ3v) is 15.4. The molecule has 80 heavy (non-hydrogen) atoms. The number of nitrogens with one attached hydrogen (secondary N) is 5. The second-order valence-corrected chi connectivity index (χ2v) is 21.6. The molecule has 2 aromatic heterocycles. The molecule has 0 aliphatic carbocycles. The van der Waals surface area contributed by atoms with Crippen LogP contribution in [0, 0.1) is 24.6 Å². The maximum atomic E-state index is 15.7. The molecule has 5 aromatic rings. The van der Waals surface area contributed by atoms with E-state index in [1.54, 1.807) is 43.6 Å². The van der Waals surface area contributed by atoms with Crippen LogP contribution in [0.3, 0.4) is 0 Å². The number of alkyl halides is 3. The van der Waals surface area contributed by atoms with Gasteiger partial charge < -0.3 is 46.9 Å². The Balaban J connectivity index is 1.03. The van der Waals surface area contributed by atoms with Crippen molar-refractivity contribution in [1.82, 2.24) is 35.7 Å². The minimum absolute atomic E-state index is 0.0436. The molecule has 2 aliphatic heterocycles. The molecule has 5 amide bonds. The zero-order valence-corrected chi connectivity index (χ0v) is 46.2. The molecule has 18 nitrogen and oxygen atoms in total. The minimum atomic E-state index is -5.03. The van der Waals surface area contributed by atoms with Gasteiger partial charge in [-0.3, -0.25) is 38.5 Å². The van der Waals surface area contributed by atoms with E-state index in [2.05, 4.69) is 36.1 Å². The summed E-state index contributed by atoms with van der Waals surface area (Å²) in [6, 6.07) is 13.9. The van der Waals surface area contributed by atoms with Gasteiger partial charge in [0.05, 0.1) is 57.1 Å². The van der Waals surface area contributed by atoms with E-state index in [4.69, 9.17) is 5.73 Å². The number of H-pyrrole nitrogens is 1. The summed E-state index contributed by atoms with van der Waals surface area (Å²) in [5.41, 5.74) is 7.39. The first-order valence-electron chi connectivity index (χ1n) is 26.1. The number of benzene rings is 3. The van der Waals surface area contributed by atoms with Crippen molar-refractivity contribution >= 4 is 58.0 Å². The van der Waals surface area contributed by atoms with Crippen LogP contribution >= 0.6 is 11.3 Å². The highest BCUT2D eigenvalue weighted by Crippen LogP contribution is 2.37. The smallest absolute Gasteiger partial charge is 0.402 e. The fraction of sp³-hybridized carbons (Fsp3) is 0.404. The lowest BCUT2D eigenvalue weighted by Crippen LogP contribution is -2.55. The van der Waals surface area contributed by atoms with Gasteiger partial charge in [0.1, 0.15) is 17.8 Å². The number of hydrogen-bond acceptors (Lipinski definition) is 13. The number of allylic oxidation sites excluding steroid dienone is 2. The highest BCUT2D eigenvalue weighted by atomic mass is 32.1. The fourth-order valence-corrected chi connectivity index (χ4v) is 10.8. The molecule has 4 heterocycles. The zero-order valence-electron chi connectivity index (χ0n) is 45.4. The normalized spacial score (nSPS) is 18.6. The van der Waals surface area contributed by atoms with E-state index in [9.17, 15) is 51.8 Å². The molecule has 426 valence electrons. The van der Waals surface area contributed by atoms with Crippen LogP contribution in [-0.4, -0.2) is 124 Å². The van der Waals surface area contributed by atoms with E-state index in [0.717, 1.165) is 22.2 Å². The van der Waals surface area contributed by atoms with Gasteiger partial charge >= 0.3 is 6.18 Å². The summed E-state index contributed by atoms with van der Waals surface area (Å²) in [6.45, 7) is 11.8. The molecule has 2 fully saturated rings. The van der Waals surface area contributed by atoms with Gasteiger partial charge in [0.25, 0.3) is 11.8 Å². The van der Waals surface area contributed by atoms with Crippen LogP contribution in [0.15, 0.2) is 95.0 Å². The number of likely N-dealkylation sites (N-methyl/N-ethyl adjacent to an activating group) is 1. The number of anilines is 2. The molecule has 3 aromatic carbocycles. The Kier molecular flexibility index (Phi) is 19.1. The zero-order chi connectivity index (χ0) is 58.3. The van der Waals surface area contributed by atoms with Crippen molar-refractivity contribution in [2.75, 3.05) is 50.0 Å². The molecule has 7 rings (SSSR count). The number of β-amino-alcohol motifs (C(OH)–C–C–N with tert-alkyl or cyclic N) is 1. The number of aliphatic hydroxyl groups is 1. The van der Waals surface area contributed by atoms with Crippen molar-refractivity contribution in [3.05, 3.63) is 134 Å². The number of aryl methyl sites for hydroxylation is 1. The number of carbonyl (C=O) groups is 6. The number of nitrogens with two attached hydrogens (primary N) is 1. The van der Waals surface area contributed by atoms with E-state index >= 15 is 4.39 Å². The van der Waals surface area contributed by atoms with Crippen molar-refractivity contribution in [3.63, 3.8) is 0 Å². The maximum Gasteiger partial charge on any atom is 0.417 e. The van der Waals surface area contributed by atoms with Crippen LogP contribution in [0.1, 0.15) is 97.5 Å². The average molecular weight is 1130 g/mol. The molecular formula is C57H66F4N10O8S. The van der Waals surface area contributed by atoms with Crippen LogP contribution in [0.5, 0.6) is 0 Å². The second-order valence-electron chi connectivity index (χ2n) is 20.8. The number of piperazine rings is 1. The largest absolute Gasteiger partial charge is 0.417 e. The van der Waals surface area contributed by atoms with Crippen LogP contribution in [-0.2, 0) is 25.4 Å². The Morgan fingerprint density at radius 2 is 1.60 bits per heavy atom. The Labute approximate surface area is 464 Å². The lowest BCUT2D eigenvalue weighted by atomic mass is 9.89. The van der Waals surface area contributed by atoms with Crippen LogP contribution in [0.25, 0.3) is 21.6 Å². The van der Waals surface area contributed by atoms with Crippen LogP contribution < -0.4 is 37.5 Å². The van der Waals surface area contributed by atoms with Gasteiger partial charge in [-0.05, 0) is 94.1 Å². The van der Waals surface area contributed by atoms with Gasteiger partial charge in [-0.25, -0.2) is 9.37 Å². The number of thiazole rings is 1. The summed E-state index contributed by atoms with van der Waals surface area (Å²) < 4.78 is 57.9. The Morgan fingerprint density at radius 3 is 2.24 bits per heavy atom. The number of likely N-dealkylation sites (tertiary alicyclic amines) is 1. The summed E-state index contributed by atoms with van der Waals surface area (Å²) in [5.74, 6) is -6.33. The summed E-state index contributed by atoms with van der Waals surface area (Å²) in [7, 11) is 1.97. The minimum Gasteiger partial charge on any atom is -0.402 e. The van der Waals surface area contributed by atoms with E-state index in [-0.39, 0.29) is 79.1 Å². The average Bonchev–Trinajstić information content (AvgIpc) is 4.03. The lowest BCUT2D eigenvalue weighted by molar-refractivity contribution is -0.146. The number of aliphatic hydroxyl groups excluding tert-OH is 1. The number of amides is 5. The molecule has 6 atom stereocenters. The van der Waals surface area contributed by atoms with Gasteiger partial charge in [0, 0.05) is 86.4 Å². The van der Waals surface area contributed by atoms with E-state index in [0.29, 0.717) is 36.6 Å². The topological polar surface area (TPSA) is 252 Å². The number of nitrogens with zero attached hydrogens (tertiary/aromatic N) is 4. The first-order chi connectivity index (χ1) is 37.8. The number of hydrogen-bond donors (Lipinski definition) is 7. The SMILES string of the molecule is CC(N)=CC(=O)[C@H](C(=O)N1C[C@H](O)C[C@H]1C(=O)N[C@@H](CC(=O)NCCCNC(=O)c1ccc(F)c(-c2ccc(N3C[C@@H](C)N(C)[C@@H](C)C3)c(NC(=O)c3c[nH]c(=O)cc3C(F)(F)F)c2)c1)c1ccc(-c2scnc2C)cc1)C(C)C. The summed E-state index contributed by atoms with van der Waals surface area (Å²) in [4.78, 5) is 107. The van der Waals surface area contributed by atoms with E-state index in [1.807, 2.05) is 44.9 Å². The predicted molar refractivity (Wildman–Crippen MR) is 296 cm³/mol. The third kappa shape index (κ3) is 14.3. The highest BCUT2D eigenvalue weighted by molar-refractivity contribution is 7.13. The molecule has 2 aliphatic rings. The molecular weight excluding hydrogens is 1060 g/mol. The summed E-state index contributed by atoms with van der Waals surface area (Å²) >= 11 is 1.46. The van der Waals surface area contributed by atoms with E-state index < -0.39 is 94.0 Å². The molecule has 2 saturated heterocycles. The first kappa shape index (κ1) is 59.9. The van der Waals surface area contributed by atoms with Gasteiger partial charge in [0.15, 0.2) is 5.78 Å². The molecule has 0 radical (unpaired) electrons. The Bertz CT molecular complexity index is 3200. The van der Waals surface area contributed by atoms with Crippen LogP contribution in [0.2, 0.25) is 0 Å².